The Hall–Kier alpha value is -3.63. The van der Waals surface area contributed by atoms with Gasteiger partial charge >= 0.3 is 12.2 Å². The topological polar surface area (TPSA) is 87.4 Å². The highest BCUT2D eigenvalue weighted by atomic mass is 19.4. The molecule has 0 spiro atoms. The SMILES string of the molecule is CC(C)c1nc(-c2ccc(N3CCN(C(=O)Nc4cccc(C(F)(F)F)c4)CC3)nc2)no1. The van der Waals surface area contributed by atoms with Gasteiger partial charge < -0.3 is 19.6 Å². The van der Waals surface area contributed by atoms with Gasteiger partial charge in [-0.1, -0.05) is 25.1 Å². The number of amides is 2. The predicted molar refractivity (Wildman–Crippen MR) is 116 cm³/mol. The number of carbonyl (C=O) groups excluding carboxylic acids is 1. The molecule has 0 aliphatic carbocycles. The van der Waals surface area contributed by atoms with Crippen LogP contribution in [0.4, 0.5) is 29.5 Å². The molecule has 0 bridgehead atoms. The summed E-state index contributed by atoms with van der Waals surface area (Å²) in [5, 5.41) is 6.52. The van der Waals surface area contributed by atoms with Crippen LogP contribution < -0.4 is 10.2 Å². The molecule has 0 atom stereocenters. The Morgan fingerprint density at radius 2 is 1.88 bits per heavy atom. The molecule has 2 amide bonds. The zero-order valence-corrected chi connectivity index (χ0v) is 18.1. The van der Waals surface area contributed by atoms with E-state index in [1.165, 1.54) is 12.1 Å². The van der Waals surface area contributed by atoms with Crippen molar-refractivity contribution in [3.05, 3.63) is 54.0 Å². The third-order valence-electron chi connectivity index (χ3n) is 5.27. The molecule has 1 fully saturated rings. The highest BCUT2D eigenvalue weighted by Gasteiger charge is 2.31. The van der Waals surface area contributed by atoms with Crippen LogP contribution in [0.25, 0.3) is 11.4 Å². The summed E-state index contributed by atoms with van der Waals surface area (Å²) < 4.78 is 43.8. The van der Waals surface area contributed by atoms with Crippen molar-refractivity contribution in [1.29, 1.82) is 0 Å². The van der Waals surface area contributed by atoms with E-state index in [1.807, 2.05) is 30.9 Å². The maximum atomic E-state index is 12.9. The van der Waals surface area contributed by atoms with E-state index in [4.69, 9.17) is 4.52 Å². The van der Waals surface area contributed by atoms with Crippen molar-refractivity contribution in [2.24, 2.45) is 0 Å². The lowest BCUT2D eigenvalue weighted by atomic mass is 10.2. The quantitative estimate of drug-likeness (QED) is 0.611. The van der Waals surface area contributed by atoms with Crippen LogP contribution in [0.15, 0.2) is 47.1 Å². The fourth-order valence-electron chi connectivity index (χ4n) is 3.41. The number of aromatic nitrogens is 3. The van der Waals surface area contributed by atoms with Gasteiger partial charge in [-0.3, -0.25) is 0 Å². The van der Waals surface area contributed by atoms with Crippen LogP contribution in [0.2, 0.25) is 0 Å². The van der Waals surface area contributed by atoms with Gasteiger partial charge in [0.15, 0.2) is 0 Å². The second kappa shape index (κ2) is 9.08. The summed E-state index contributed by atoms with van der Waals surface area (Å²) in [7, 11) is 0. The molecule has 2 aromatic heterocycles. The molecule has 1 N–H and O–H groups in total. The smallest absolute Gasteiger partial charge is 0.353 e. The molecule has 1 aliphatic rings. The zero-order chi connectivity index (χ0) is 23.6. The Morgan fingerprint density at radius 1 is 1.12 bits per heavy atom. The van der Waals surface area contributed by atoms with Gasteiger partial charge in [0.2, 0.25) is 11.7 Å². The summed E-state index contributed by atoms with van der Waals surface area (Å²) in [5.74, 6) is 1.94. The minimum Gasteiger partial charge on any atom is -0.353 e. The van der Waals surface area contributed by atoms with Crippen molar-refractivity contribution >= 4 is 17.5 Å². The second-order valence-corrected chi connectivity index (χ2v) is 8.00. The van der Waals surface area contributed by atoms with E-state index in [0.717, 1.165) is 23.5 Å². The molecule has 3 aromatic rings. The van der Waals surface area contributed by atoms with Crippen LogP contribution in [0.3, 0.4) is 0 Å². The molecule has 0 unspecified atom stereocenters. The number of halogens is 3. The summed E-state index contributed by atoms with van der Waals surface area (Å²) in [6.07, 6.45) is -2.79. The van der Waals surface area contributed by atoms with E-state index >= 15 is 0 Å². The van der Waals surface area contributed by atoms with E-state index in [1.54, 1.807) is 11.1 Å². The largest absolute Gasteiger partial charge is 0.416 e. The van der Waals surface area contributed by atoms with Gasteiger partial charge in [0.1, 0.15) is 5.82 Å². The summed E-state index contributed by atoms with van der Waals surface area (Å²) >= 11 is 0. The number of piperazine rings is 1. The van der Waals surface area contributed by atoms with Crippen LogP contribution in [0.1, 0.15) is 31.2 Å². The molecular weight excluding hydrogens is 437 g/mol. The molecule has 0 radical (unpaired) electrons. The molecule has 33 heavy (non-hydrogen) atoms. The Labute approximate surface area is 188 Å². The van der Waals surface area contributed by atoms with Crippen LogP contribution in [-0.4, -0.2) is 52.2 Å². The highest BCUT2D eigenvalue weighted by Crippen LogP contribution is 2.30. The van der Waals surface area contributed by atoms with Crippen molar-refractivity contribution in [2.75, 3.05) is 36.4 Å². The lowest BCUT2D eigenvalue weighted by Crippen LogP contribution is -2.50. The van der Waals surface area contributed by atoms with Gasteiger partial charge in [0.05, 0.1) is 5.56 Å². The minimum atomic E-state index is -4.46. The van der Waals surface area contributed by atoms with E-state index in [2.05, 4.69) is 20.4 Å². The first-order valence-corrected chi connectivity index (χ1v) is 10.5. The van der Waals surface area contributed by atoms with E-state index in [0.29, 0.717) is 37.9 Å². The number of alkyl halides is 3. The number of hydrogen-bond donors (Lipinski definition) is 1. The number of carbonyl (C=O) groups is 1. The summed E-state index contributed by atoms with van der Waals surface area (Å²) in [4.78, 5) is 24.9. The summed E-state index contributed by atoms with van der Waals surface area (Å²) in [6, 6.07) is 7.88. The molecule has 8 nitrogen and oxygen atoms in total. The molecular formula is C22H23F3N6O2. The molecule has 1 aromatic carbocycles. The zero-order valence-electron chi connectivity index (χ0n) is 18.1. The van der Waals surface area contributed by atoms with Crippen molar-refractivity contribution in [2.45, 2.75) is 25.9 Å². The van der Waals surface area contributed by atoms with E-state index in [9.17, 15) is 18.0 Å². The molecule has 4 rings (SSSR count). The van der Waals surface area contributed by atoms with Crippen LogP contribution in [-0.2, 0) is 6.18 Å². The van der Waals surface area contributed by atoms with Gasteiger partial charge in [-0.05, 0) is 30.3 Å². The first-order valence-electron chi connectivity index (χ1n) is 10.5. The Bertz CT molecular complexity index is 1110. The van der Waals surface area contributed by atoms with Gasteiger partial charge in [0, 0.05) is 49.5 Å². The Morgan fingerprint density at radius 3 is 2.48 bits per heavy atom. The average molecular weight is 460 g/mol. The normalized spacial score (nSPS) is 14.6. The molecule has 1 saturated heterocycles. The average Bonchev–Trinajstić information content (AvgIpc) is 3.30. The van der Waals surface area contributed by atoms with Crippen LogP contribution >= 0.6 is 0 Å². The number of urea groups is 1. The summed E-state index contributed by atoms with van der Waals surface area (Å²) in [6.45, 7) is 5.86. The first-order chi connectivity index (χ1) is 15.7. The minimum absolute atomic E-state index is 0.108. The number of nitrogens with zero attached hydrogens (tertiary/aromatic N) is 5. The third kappa shape index (κ3) is 5.24. The van der Waals surface area contributed by atoms with Gasteiger partial charge in [-0.2, -0.15) is 18.2 Å². The maximum Gasteiger partial charge on any atom is 0.416 e. The predicted octanol–water partition coefficient (Wildman–Crippen LogP) is 4.63. The highest BCUT2D eigenvalue weighted by molar-refractivity contribution is 5.89. The lowest BCUT2D eigenvalue weighted by Gasteiger charge is -2.35. The number of rotatable bonds is 4. The number of benzene rings is 1. The second-order valence-electron chi connectivity index (χ2n) is 8.00. The first kappa shape index (κ1) is 22.6. The number of pyridine rings is 1. The van der Waals surface area contributed by atoms with Crippen LogP contribution in [0.5, 0.6) is 0 Å². The maximum absolute atomic E-state index is 12.9. The fraction of sp³-hybridized carbons (Fsp3) is 0.364. The van der Waals surface area contributed by atoms with Gasteiger partial charge in [0.25, 0.3) is 0 Å². The van der Waals surface area contributed by atoms with Crippen molar-refractivity contribution in [3.8, 4) is 11.4 Å². The fourth-order valence-corrected chi connectivity index (χ4v) is 3.41. The summed E-state index contributed by atoms with van der Waals surface area (Å²) in [5.41, 5.74) is 0.0472. The monoisotopic (exact) mass is 460 g/mol. The molecule has 1 aliphatic heterocycles. The van der Waals surface area contributed by atoms with Crippen LogP contribution in [0, 0.1) is 0 Å². The lowest BCUT2D eigenvalue weighted by molar-refractivity contribution is -0.137. The third-order valence-corrected chi connectivity index (χ3v) is 5.27. The number of hydrogen-bond acceptors (Lipinski definition) is 6. The van der Waals surface area contributed by atoms with Gasteiger partial charge in [-0.25, -0.2) is 9.78 Å². The van der Waals surface area contributed by atoms with Gasteiger partial charge in [-0.15, -0.1) is 0 Å². The number of anilines is 2. The molecule has 11 heteroatoms. The molecule has 174 valence electrons. The molecule has 0 saturated carbocycles. The van der Waals surface area contributed by atoms with E-state index < -0.39 is 17.8 Å². The van der Waals surface area contributed by atoms with Crippen molar-refractivity contribution in [1.82, 2.24) is 20.0 Å². The van der Waals surface area contributed by atoms with Crippen molar-refractivity contribution in [3.63, 3.8) is 0 Å². The number of nitrogens with one attached hydrogen (secondary N) is 1. The van der Waals surface area contributed by atoms with Crippen molar-refractivity contribution < 1.29 is 22.5 Å². The standard InChI is InChI=1S/C22H23F3N6O2/c1-14(2)20-28-19(29-33-20)15-6-7-18(26-13-15)30-8-10-31(11-9-30)21(32)27-17-5-3-4-16(12-17)22(23,24)25/h3-7,12-14H,8-11H2,1-2H3,(H,27,32). The Balaban J connectivity index is 1.33. The molecule has 3 heterocycles. The van der Waals surface area contributed by atoms with E-state index in [-0.39, 0.29) is 11.6 Å². The Kier molecular flexibility index (Phi) is 6.21.